The first-order valence-electron chi connectivity index (χ1n) is 7.40. The van der Waals surface area contributed by atoms with E-state index in [1.54, 1.807) is 11.3 Å². The first kappa shape index (κ1) is 14.4. The van der Waals surface area contributed by atoms with E-state index in [1.165, 1.54) is 22.6 Å². The summed E-state index contributed by atoms with van der Waals surface area (Å²) in [4.78, 5) is 17.1. The fraction of sp³-hybridized carbons (Fsp3) is 0.667. The number of aliphatic hydroxyl groups is 1. The molecule has 0 aromatic carbocycles. The lowest BCUT2D eigenvalue weighted by atomic mass is 9.99. The van der Waals surface area contributed by atoms with Crippen molar-refractivity contribution in [2.45, 2.75) is 43.9 Å². The molecular formula is C15H21NO2S2. The first-order chi connectivity index (χ1) is 9.79. The van der Waals surface area contributed by atoms with Crippen molar-refractivity contribution in [3.8, 4) is 0 Å². The molecule has 1 atom stereocenters. The number of rotatable bonds is 3. The highest BCUT2D eigenvalue weighted by Crippen LogP contribution is 2.33. The van der Waals surface area contributed by atoms with Gasteiger partial charge < -0.3 is 10.0 Å². The number of fused-ring (bicyclic) bond motifs is 1. The fourth-order valence-corrected chi connectivity index (χ4v) is 5.44. The summed E-state index contributed by atoms with van der Waals surface area (Å²) < 4.78 is 0. The van der Waals surface area contributed by atoms with E-state index in [-0.39, 0.29) is 18.6 Å². The van der Waals surface area contributed by atoms with Gasteiger partial charge in [-0.1, -0.05) is 0 Å². The lowest BCUT2D eigenvalue weighted by molar-refractivity contribution is 0.0579. The Balaban J connectivity index is 1.78. The molecule has 20 heavy (non-hydrogen) atoms. The topological polar surface area (TPSA) is 40.5 Å². The number of amides is 1. The van der Waals surface area contributed by atoms with E-state index >= 15 is 0 Å². The van der Waals surface area contributed by atoms with Crippen LogP contribution in [0, 0.1) is 0 Å². The maximum absolute atomic E-state index is 12.8. The highest BCUT2D eigenvalue weighted by atomic mass is 32.2. The Labute approximate surface area is 128 Å². The van der Waals surface area contributed by atoms with E-state index < -0.39 is 0 Å². The molecule has 3 rings (SSSR count). The third-order valence-electron chi connectivity index (χ3n) is 4.19. The van der Waals surface area contributed by atoms with Crippen LogP contribution in [0.3, 0.4) is 0 Å². The molecule has 1 aromatic heterocycles. The number of piperidine rings is 1. The average molecular weight is 311 g/mol. The zero-order chi connectivity index (χ0) is 13.9. The van der Waals surface area contributed by atoms with Crippen molar-refractivity contribution < 1.29 is 9.90 Å². The van der Waals surface area contributed by atoms with Gasteiger partial charge in [0.1, 0.15) is 0 Å². The van der Waals surface area contributed by atoms with Gasteiger partial charge >= 0.3 is 0 Å². The second-order valence-corrected chi connectivity index (χ2v) is 7.76. The lowest BCUT2D eigenvalue weighted by Crippen LogP contribution is -2.43. The summed E-state index contributed by atoms with van der Waals surface area (Å²) in [6, 6.07) is 2.34. The fourth-order valence-electron chi connectivity index (χ4n) is 3.11. The number of nitrogens with zero attached hydrogens (tertiary/aromatic N) is 1. The molecule has 1 N–H and O–H groups in total. The van der Waals surface area contributed by atoms with Crippen LogP contribution in [-0.2, 0) is 12.2 Å². The van der Waals surface area contributed by atoms with Gasteiger partial charge in [-0.3, -0.25) is 4.79 Å². The summed E-state index contributed by atoms with van der Waals surface area (Å²) in [6.07, 6.45) is 5.12. The molecule has 1 unspecified atom stereocenters. The molecule has 0 bridgehead atoms. The number of thiophene rings is 1. The van der Waals surface area contributed by atoms with Gasteiger partial charge in [-0.05, 0) is 49.5 Å². The van der Waals surface area contributed by atoms with Crippen LogP contribution in [0.5, 0.6) is 0 Å². The number of thioether (sulfide) groups is 1. The van der Waals surface area contributed by atoms with Crippen molar-refractivity contribution >= 4 is 29.0 Å². The van der Waals surface area contributed by atoms with Crippen LogP contribution >= 0.6 is 23.1 Å². The zero-order valence-corrected chi connectivity index (χ0v) is 13.3. The Morgan fingerprint density at radius 3 is 3.15 bits per heavy atom. The number of likely N-dealkylation sites (tertiary alicyclic amines) is 1. The lowest BCUT2D eigenvalue weighted by Gasteiger charge is -2.35. The molecule has 0 aliphatic carbocycles. The molecule has 5 heteroatoms. The van der Waals surface area contributed by atoms with Crippen molar-refractivity contribution in [1.82, 2.24) is 4.90 Å². The van der Waals surface area contributed by atoms with Crippen molar-refractivity contribution in [1.29, 1.82) is 0 Å². The summed E-state index contributed by atoms with van der Waals surface area (Å²) in [5.74, 6) is 2.42. The van der Waals surface area contributed by atoms with Gasteiger partial charge in [0, 0.05) is 29.8 Å². The van der Waals surface area contributed by atoms with Gasteiger partial charge in [-0.15, -0.1) is 11.3 Å². The Hall–Kier alpha value is -0.520. The number of hydrogen-bond acceptors (Lipinski definition) is 4. The number of carbonyl (C=O) groups is 1. The minimum absolute atomic E-state index is 0.173. The number of aryl methyl sites for hydroxylation is 1. The molecule has 0 radical (unpaired) electrons. The molecule has 3 nitrogen and oxygen atoms in total. The molecular weight excluding hydrogens is 290 g/mol. The molecule has 0 saturated carbocycles. The van der Waals surface area contributed by atoms with Crippen LogP contribution in [0.4, 0.5) is 0 Å². The van der Waals surface area contributed by atoms with Crippen molar-refractivity contribution in [2.24, 2.45) is 0 Å². The van der Waals surface area contributed by atoms with Crippen molar-refractivity contribution in [3.63, 3.8) is 0 Å². The largest absolute Gasteiger partial charge is 0.396 e. The van der Waals surface area contributed by atoms with Gasteiger partial charge in [-0.2, -0.15) is 11.8 Å². The van der Waals surface area contributed by atoms with Gasteiger partial charge in [0.15, 0.2) is 0 Å². The predicted molar refractivity (Wildman–Crippen MR) is 84.6 cm³/mol. The summed E-state index contributed by atoms with van der Waals surface area (Å²) in [5.41, 5.74) is 1.37. The number of carbonyl (C=O) groups excluding carboxylic acids is 1. The molecule has 1 aromatic rings. The molecule has 1 amide bonds. The molecule has 110 valence electrons. The van der Waals surface area contributed by atoms with E-state index in [0.717, 1.165) is 36.4 Å². The Kier molecular flexibility index (Phi) is 4.68. The smallest absolute Gasteiger partial charge is 0.264 e. The predicted octanol–water partition coefficient (Wildman–Crippen LogP) is 2.91. The molecule has 2 aliphatic rings. The van der Waals surface area contributed by atoms with E-state index in [2.05, 4.69) is 6.07 Å². The number of hydrogen-bond donors (Lipinski definition) is 1. The number of aliphatic hydroxyl groups excluding tert-OH is 1. The molecule has 1 saturated heterocycles. The summed E-state index contributed by atoms with van der Waals surface area (Å²) in [5, 5.41) is 9.18. The minimum atomic E-state index is 0.173. The monoisotopic (exact) mass is 311 g/mol. The highest BCUT2D eigenvalue weighted by Gasteiger charge is 2.28. The second kappa shape index (κ2) is 6.50. The van der Waals surface area contributed by atoms with Gasteiger partial charge in [-0.25, -0.2) is 0 Å². The average Bonchev–Trinajstić information content (AvgIpc) is 2.91. The van der Waals surface area contributed by atoms with Gasteiger partial charge in [0.25, 0.3) is 5.91 Å². The Bertz CT molecular complexity index is 461. The quantitative estimate of drug-likeness (QED) is 0.933. The van der Waals surface area contributed by atoms with Crippen LogP contribution < -0.4 is 0 Å². The highest BCUT2D eigenvalue weighted by molar-refractivity contribution is 7.98. The Morgan fingerprint density at radius 2 is 2.35 bits per heavy atom. The zero-order valence-electron chi connectivity index (χ0n) is 11.6. The molecule has 0 spiro atoms. The minimum Gasteiger partial charge on any atom is -0.396 e. The van der Waals surface area contributed by atoms with E-state index in [1.807, 2.05) is 16.7 Å². The van der Waals surface area contributed by atoms with E-state index in [4.69, 9.17) is 0 Å². The first-order valence-corrected chi connectivity index (χ1v) is 9.38. The Morgan fingerprint density at radius 1 is 1.45 bits per heavy atom. The van der Waals surface area contributed by atoms with Crippen LogP contribution in [0.2, 0.25) is 0 Å². The summed E-state index contributed by atoms with van der Waals surface area (Å²) in [6.45, 7) is 1.02. The normalized spacial score (nSPS) is 22.6. The molecule has 1 fully saturated rings. The van der Waals surface area contributed by atoms with Crippen LogP contribution in [0.15, 0.2) is 6.07 Å². The summed E-state index contributed by atoms with van der Waals surface area (Å²) in [7, 11) is 0. The van der Waals surface area contributed by atoms with Crippen LogP contribution in [0.25, 0.3) is 0 Å². The van der Waals surface area contributed by atoms with Gasteiger partial charge in [0.2, 0.25) is 0 Å². The van der Waals surface area contributed by atoms with Crippen LogP contribution in [-0.4, -0.2) is 40.9 Å². The third-order valence-corrected chi connectivity index (χ3v) is 6.42. The maximum Gasteiger partial charge on any atom is 0.264 e. The summed E-state index contributed by atoms with van der Waals surface area (Å²) >= 11 is 3.65. The molecule has 3 heterocycles. The molecule has 2 aliphatic heterocycles. The maximum atomic E-state index is 12.8. The van der Waals surface area contributed by atoms with Crippen molar-refractivity contribution in [2.75, 3.05) is 18.9 Å². The standard InChI is InChI=1S/C15H21NO2S2/c17-7-4-12-3-1-2-6-16(12)15(18)14-9-11-10-19-8-5-13(11)20-14/h9,12,17H,1-8,10H2. The SMILES string of the molecule is O=C(c1cc2c(s1)CCSC2)N1CCCCC1CCO. The van der Waals surface area contributed by atoms with Crippen LogP contribution in [0.1, 0.15) is 45.8 Å². The van der Waals surface area contributed by atoms with E-state index in [9.17, 15) is 9.90 Å². The second-order valence-electron chi connectivity index (χ2n) is 5.52. The van der Waals surface area contributed by atoms with Gasteiger partial charge in [0.05, 0.1) is 4.88 Å². The third kappa shape index (κ3) is 2.90. The van der Waals surface area contributed by atoms with E-state index in [0.29, 0.717) is 6.42 Å². The van der Waals surface area contributed by atoms with Crippen molar-refractivity contribution in [3.05, 3.63) is 21.4 Å².